The van der Waals surface area contributed by atoms with Crippen molar-refractivity contribution in [1.82, 2.24) is 0 Å². The van der Waals surface area contributed by atoms with Crippen LogP contribution < -0.4 is 0 Å². The molecule has 8 heavy (non-hydrogen) atoms. The van der Waals surface area contributed by atoms with Crippen molar-refractivity contribution < 1.29 is 0 Å². The summed E-state index contributed by atoms with van der Waals surface area (Å²) in [5.41, 5.74) is 1.22. The van der Waals surface area contributed by atoms with Crippen LogP contribution in [0, 0.1) is 0 Å². The zero-order valence-electron chi connectivity index (χ0n) is 5.26. The van der Waals surface area contributed by atoms with Crippen LogP contribution >= 0.6 is 12.8 Å². The molecular weight excluding hydrogens is 118 g/mol. The molecule has 0 N–H and O–H groups in total. The molecule has 0 unspecified atom stereocenters. The van der Waals surface area contributed by atoms with Crippen LogP contribution in [-0.4, -0.2) is 6.21 Å². The van der Waals surface area contributed by atoms with Gasteiger partial charge in [0.15, 0.2) is 0 Å². The van der Waals surface area contributed by atoms with Crippen molar-refractivity contribution in [3.8, 4) is 0 Å². The lowest BCUT2D eigenvalue weighted by atomic mass is 10.2. The molecule has 0 radical (unpaired) electrons. The fourth-order valence-electron chi connectivity index (χ4n) is 0.444. The standard InChI is InChI=1S/C6H11NS/c1-3-6(4-2)5-7-8/h3,5,8H,4H2,1-2H3/b6-3-,7-5?. The third kappa shape index (κ3) is 2.86. The molecule has 0 bridgehead atoms. The van der Waals surface area contributed by atoms with Gasteiger partial charge >= 0.3 is 0 Å². The Bertz CT molecular complexity index is 102. The van der Waals surface area contributed by atoms with Gasteiger partial charge in [-0.3, -0.25) is 0 Å². The molecule has 46 valence electrons. The van der Waals surface area contributed by atoms with Crippen molar-refractivity contribution in [1.29, 1.82) is 0 Å². The number of hydrogen-bond donors (Lipinski definition) is 1. The number of rotatable bonds is 2. The number of nitrogens with zero attached hydrogens (tertiary/aromatic N) is 1. The molecule has 0 aliphatic heterocycles. The highest BCUT2D eigenvalue weighted by atomic mass is 32.1. The third-order valence-electron chi connectivity index (χ3n) is 1.00. The van der Waals surface area contributed by atoms with Gasteiger partial charge in [0, 0.05) is 6.21 Å². The maximum absolute atomic E-state index is 3.70. The van der Waals surface area contributed by atoms with Gasteiger partial charge in [0.2, 0.25) is 0 Å². The van der Waals surface area contributed by atoms with Crippen LogP contribution in [0.1, 0.15) is 20.3 Å². The van der Waals surface area contributed by atoms with Gasteiger partial charge in [0.1, 0.15) is 0 Å². The minimum Gasteiger partial charge on any atom is -0.228 e. The van der Waals surface area contributed by atoms with E-state index in [1.165, 1.54) is 5.57 Å². The molecular formula is C6H11NS. The van der Waals surface area contributed by atoms with E-state index < -0.39 is 0 Å². The minimum atomic E-state index is 1.03. The van der Waals surface area contributed by atoms with E-state index in [9.17, 15) is 0 Å². The second-order valence-corrected chi connectivity index (χ2v) is 1.69. The maximum Gasteiger partial charge on any atom is 0.0377 e. The summed E-state index contributed by atoms with van der Waals surface area (Å²) in [5.74, 6) is 0. The normalized spacial score (nSPS) is 13.1. The summed E-state index contributed by atoms with van der Waals surface area (Å²) in [6.45, 7) is 4.08. The number of allylic oxidation sites excluding steroid dienone is 2. The first-order valence-corrected chi connectivity index (χ1v) is 3.07. The second kappa shape index (κ2) is 4.91. The van der Waals surface area contributed by atoms with E-state index in [2.05, 4.69) is 24.1 Å². The first-order valence-electron chi connectivity index (χ1n) is 2.67. The van der Waals surface area contributed by atoms with Gasteiger partial charge in [-0.15, -0.1) is 0 Å². The molecule has 0 aliphatic rings. The summed E-state index contributed by atoms with van der Waals surface area (Å²) in [6, 6.07) is 0. The van der Waals surface area contributed by atoms with Crippen LogP contribution in [0.25, 0.3) is 0 Å². The Hall–Kier alpha value is -0.240. The molecule has 0 aliphatic carbocycles. The van der Waals surface area contributed by atoms with Crippen molar-refractivity contribution in [2.24, 2.45) is 4.40 Å². The predicted molar refractivity (Wildman–Crippen MR) is 41.5 cm³/mol. The molecule has 0 aromatic rings. The molecule has 0 fully saturated rings. The van der Waals surface area contributed by atoms with Gasteiger partial charge in [0.05, 0.1) is 0 Å². The van der Waals surface area contributed by atoms with Gasteiger partial charge in [-0.25, -0.2) is 4.40 Å². The molecule has 0 spiro atoms. The summed E-state index contributed by atoms with van der Waals surface area (Å²) in [7, 11) is 0. The monoisotopic (exact) mass is 129 g/mol. The minimum absolute atomic E-state index is 1.03. The average Bonchev–Trinajstić information content (AvgIpc) is 1.83. The molecule has 2 heteroatoms. The largest absolute Gasteiger partial charge is 0.228 e. The number of thiol groups is 1. The van der Waals surface area contributed by atoms with E-state index in [1.54, 1.807) is 6.21 Å². The molecule has 0 aromatic heterocycles. The molecule has 1 nitrogen and oxygen atoms in total. The zero-order valence-corrected chi connectivity index (χ0v) is 6.15. The van der Waals surface area contributed by atoms with Crippen molar-refractivity contribution in [3.05, 3.63) is 11.6 Å². The lowest BCUT2D eigenvalue weighted by Crippen LogP contribution is -1.77. The summed E-state index contributed by atoms with van der Waals surface area (Å²) in [6.07, 6.45) is 4.81. The Morgan fingerprint density at radius 2 is 2.38 bits per heavy atom. The van der Waals surface area contributed by atoms with E-state index in [4.69, 9.17) is 0 Å². The quantitative estimate of drug-likeness (QED) is 0.434. The molecule has 0 rings (SSSR count). The molecule has 0 atom stereocenters. The van der Waals surface area contributed by atoms with E-state index in [0.29, 0.717) is 0 Å². The van der Waals surface area contributed by atoms with Gasteiger partial charge in [0.25, 0.3) is 0 Å². The van der Waals surface area contributed by atoms with Crippen LogP contribution in [0.3, 0.4) is 0 Å². The van der Waals surface area contributed by atoms with Crippen LogP contribution in [0.2, 0.25) is 0 Å². The first-order chi connectivity index (χ1) is 3.85. The topological polar surface area (TPSA) is 12.4 Å². The molecule has 0 amide bonds. The summed E-state index contributed by atoms with van der Waals surface area (Å²) >= 11 is 3.70. The lowest BCUT2D eigenvalue weighted by Gasteiger charge is -1.88. The molecule has 0 heterocycles. The van der Waals surface area contributed by atoms with Crippen LogP contribution in [0.5, 0.6) is 0 Å². The average molecular weight is 129 g/mol. The highest BCUT2D eigenvalue weighted by molar-refractivity contribution is 7.78. The zero-order chi connectivity index (χ0) is 6.41. The SMILES string of the molecule is C/C=C(\C=NS)CC. The van der Waals surface area contributed by atoms with Gasteiger partial charge in [-0.05, 0) is 31.7 Å². The second-order valence-electron chi connectivity index (χ2n) is 1.46. The van der Waals surface area contributed by atoms with Crippen LogP contribution in [0.15, 0.2) is 16.0 Å². The van der Waals surface area contributed by atoms with E-state index in [0.717, 1.165) is 6.42 Å². The predicted octanol–water partition coefficient (Wildman–Crippen LogP) is 2.26. The Kier molecular flexibility index (Phi) is 4.76. The fourth-order valence-corrected chi connectivity index (χ4v) is 0.592. The highest BCUT2D eigenvalue weighted by Gasteiger charge is 1.81. The van der Waals surface area contributed by atoms with Gasteiger partial charge < -0.3 is 0 Å². The Labute approximate surface area is 56.1 Å². The smallest absolute Gasteiger partial charge is 0.0377 e. The van der Waals surface area contributed by atoms with Gasteiger partial charge in [-0.2, -0.15) is 0 Å². The third-order valence-corrected chi connectivity index (χ3v) is 1.12. The van der Waals surface area contributed by atoms with Crippen LogP contribution in [0.4, 0.5) is 0 Å². The Morgan fingerprint density at radius 3 is 2.50 bits per heavy atom. The van der Waals surface area contributed by atoms with E-state index in [1.807, 2.05) is 13.0 Å². The van der Waals surface area contributed by atoms with Crippen molar-refractivity contribution in [2.45, 2.75) is 20.3 Å². The molecule has 0 saturated heterocycles. The van der Waals surface area contributed by atoms with Crippen molar-refractivity contribution in [3.63, 3.8) is 0 Å². The van der Waals surface area contributed by atoms with E-state index >= 15 is 0 Å². The van der Waals surface area contributed by atoms with Crippen LogP contribution in [-0.2, 0) is 0 Å². The van der Waals surface area contributed by atoms with Crippen molar-refractivity contribution in [2.75, 3.05) is 0 Å². The van der Waals surface area contributed by atoms with Gasteiger partial charge in [-0.1, -0.05) is 13.0 Å². The fraction of sp³-hybridized carbons (Fsp3) is 0.500. The summed E-state index contributed by atoms with van der Waals surface area (Å²) in [4.78, 5) is 0. The summed E-state index contributed by atoms with van der Waals surface area (Å²) in [5, 5.41) is 0. The molecule has 0 saturated carbocycles. The van der Waals surface area contributed by atoms with Crippen molar-refractivity contribution >= 4 is 19.0 Å². The highest BCUT2D eigenvalue weighted by Crippen LogP contribution is 1.95. The lowest BCUT2D eigenvalue weighted by molar-refractivity contribution is 1.17. The maximum atomic E-state index is 3.70. The first kappa shape index (κ1) is 7.76. The summed E-state index contributed by atoms with van der Waals surface area (Å²) < 4.78 is 3.58. The Balaban J connectivity index is 3.72. The van der Waals surface area contributed by atoms with E-state index in [-0.39, 0.29) is 0 Å². The number of hydrogen-bond acceptors (Lipinski definition) is 2. The molecule has 0 aromatic carbocycles. The Morgan fingerprint density at radius 1 is 1.75 bits per heavy atom.